The highest BCUT2D eigenvalue weighted by molar-refractivity contribution is 6.07. The zero-order valence-electron chi connectivity index (χ0n) is 20.0. The third-order valence-electron chi connectivity index (χ3n) is 5.86. The van der Waals surface area contributed by atoms with Gasteiger partial charge in [0, 0.05) is 30.7 Å². The fraction of sp³-hybridized carbons (Fsp3) is 0.107. The van der Waals surface area contributed by atoms with E-state index in [1.165, 1.54) is 31.3 Å². The van der Waals surface area contributed by atoms with Gasteiger partial charge in [0.15, 0.2) is 0 Å². The Bertz CT molecular complexity index is 1530. The van der Waals surface area contributed by atoms with E-state index in [0.717, 1.165) is 34.4 Å². The minimum absolute atomic E-state index is 0.257. The molecule has 37 heavy (non-hydrogen) atoms. The van der Waals surface area contributed by atoms with Crippen molar-refractivity contribution in [3.8, 4) is 11.1 Å². The molecule has 0 bridgehead atoms. The van der Waals surface area contributed by atoms with Gasteiger partial charge in [0.1, 0.15) is 11.5 Å². The smallest absolute Gasteiger partial charge is 0.311 e. The van der Waals surface area contributed by atoms with Crippen LogP contribution in [-0.4, -0.2) is 29.1 Å². The van der Waals surface area contributed by atoms with Crippen LogP contribution in [0.15, 0.2) is 90.3 Å². The van der Waals surface area contributed by atoms with Crippen LogP contribution in [0.2, 0.25) is 0 Å². The number of carbonyl (C=O) groups is 1. The number of hydrogen-bond acceptors (Lipinski definition) is 3. The van der Waals surface area contributed by atoms with Gasteiger partial charge in [-0.25, -0.2) is 9.37 Å². The molecule has 2 aromatic heterocycles. The molecule has 2 heterocycles. The highest BCUT2D eigenvalue weighted by atomic mass is 19.4. The Balaban J connectivity index is 1.82. The molecule has 5 nitrogen and oxygen atoms in total. The molecule has 0 unspecified atom stereocenters. The number of carbonyl (C=O) groups excluding carboxylic acids is 1. The maximum absolute atomic E-state index is 13.9. The lowest BCUT2D eigenvalue weighted by Crippen LogP contribution is -2.28. The molecule has 4 rings (SSSR count). The molecule has 0 N–H and O–H groups in total. The SMILES string of the molecule is C=N/C=C\C=C(/C)c1cnc2c(-c3ccc(C(F)(F)F)c(C(=O)N(C)c4ccc(F)cc4)c3)cccn12. The number of fused-ring (bicyclic) bond motifs is 1. The van der Waals surface area contributed by atoms with Crippen molar-refractivity contribution in [1.29, 1.82) is 0 Å². The van der Waals surface area contributed by atoms with E-state index in [-0.39, 0.29) is 5.69 Å². The summed E-state index contributed by atoms with van der Waals surface area (Å²) in [7, 11) is 1.34. The fourth-order valence-electron chi connectivity index (χ4n) is 3.96. The molecule has 9 heteroatoms. The van der Waals surface area contributed by atoms with Crippen LogP contribution in [0.4, 0.5) is 23.2 Å². The van der Waals surface area contributed by atoms with E-state index >= 15 is 0 Å². The number of hydrogen-bond donors (Lipinski definition) is 0. The zero-order valence-corrected chi connectivity index (χ0v) is 20.0. The topological polar surface area (TPSA) is 50.0 Å². The third kappa shape index (κ3) is 5.20. The minimum Gasteiger partial charge on any atom is -0.311 e. The largest absolute Gasteiger partial charge is 0.417 e. The van der Waals surface area contributed by atoms with E-state index in [4.69, 9.17) is 0 Å². The van der Waals surface area contributed by atoms with E-state index in [1.54, 1.807) is 36.8 Å². The van der Waals surface area contributed by atoms with Gasteiger partial charge in [-0.3, -0.25) is 14.2 Å². The van der Waals surface area contributed by atoms with E-state index in [9.17, 15) is 22.4 Å². The first-order valence-electron chi connectivity index (χ1n) is 11.1. The first-order valence-corrected chi connectivity index (χ1v) is 11.1. The second kappa shape index (κ2) is 10.2. The second-order valence-corrected chi connectivity index (χ2v) is 8.23. The Morgan fingerprint density at radius 1 is 1.14 bits per heavy atom. The zero-order chi connectivity index (χ0) is 26.7. The Hall–Kier alpha value is -4.53. The van der Waals surface area contributed by atoms with Crippen LogP contribution in [0.3, 0.4) is 0 Å². The van der Waals surface area contributed by atoms with Crippen molar-refractivity contribution in [2.45, 2.75) is 13.1 Å². The lowest BCUT2D eigenvalue weighted by molar-refractivity contribution is -0.137. The number of aromatic nitrogens is 2. The van der Waals surface area contributed by atoms with Crippen LogP contribution in [0, 0.1) is 5.82 Å². The maximum Gasteiger partial charge on any atom is 0.417 e. The number of rotatable bonds is 6. The van der Waals surface area contributed by atoms with Crippen LogP contribution in [0.5, 0.6) is 0 Å². The van der Waals surface area contributed by atoms with Gasteiger partial charge in [-0.05, 0) is 79.4 Å². The van der Waals surface area contributed by atoms with Gasteiger partial charge in [0.2, 0.25) is 0 Å². The summed E-state index contributed by atoms with van der Waals surface area (Å²) in [5, 5.41) is 0. The van der Waals surface area contributed by atoms with Gasteiger partial charge in [-0.2, -0.15) is 13.2 Å². The fourth-order valence-corrected chi connectivity index (χ4v) is 3.96. The molecule has 0 radical (unpaired) electrons. The molecular formula is C28H22F4N4O. The van der Waals surface area contributed by atoms with E-state index in [0.29, 0.717) is 16.8 Å². The van der Waals surface area contributed by atoms with Crippen LogP contribution in [0.1, 0.15) is 28.5 Å². The molecule has 0 atom stereocenters. The molecule has 0 aliphatic rings. The Labute approximate surface area is 210 Å². The molecule has 0 fully saturated rings. The van der Waals surface area contributed by atoms with Crippen LogP contribution in [-0.2, 0) is 6.18 Å². The van der Waals surface area contributed by atoms with Crippen molar-refractivity contribution in [2.24, 2.45) is 4.99 Å². The van der Waals surface area contributed by atoms with Gasteiger partial charge in [0.25, 0.3) is 5.91 Å². The predicted octanol–water partition coefficient (Wildman–Crippen LogP) is 7.05. The minimum atomic E-state index is -4.75. The van der Waals surface area contributed by atoms with Crippen molar-refractivity contribution in [3.63, 3.8) is 0 Å². The Morgan fingerprint density at radius 3 is 2.54 bits per heavy atom. The molecule has 188 valence electrons. The number of benzene rings is 2. The standard InChI is InChI=1S/C28H22F4N4O/c1-18(6-4-14-33-2)25-17-34-26-22(7-5-15-36(25)26)19-8-13-24(28(30,31)32)23(16-19)27(37)35(3)21-11-9-20(29)10-12-21/h4-17H,2H2,1,3H3/b14-4-,18-6+. The van der Waals surface area contributed by atoms with Crippen LogP contribution >= 0.6 is 0 Å². The van der Waals surface area contributed by atoms with Crippen LogP contribution in [0.25, 0.3) is 22.3 Å². The van der Waals surface area contributed by atoms with E-state index < -0.39 is 29.0 Å². The summed E-state index contributed by atoms with van der Waals surface area (Å²) in [5.74, 6) is -1.40. The molecule has 0 aliphatic heterocycles. The van der Waals surface area contributed by atoms with Crippen molar-refractivity contribution >= 4 is 29.5 Å². The molecule has 0 aliphatic carbocycles. The van der Waals surface area contributed by atoms with Crippen LogP contribution < -0.4 is 4.90 Å². The summed E-state index contributed by atoms with van der Waals surface area (Å²) < 4.78 is 56.8. The number of allylic oxidation sites excluding steroid dienone is 3. The number of amides is 1. The number of alkyl halides is 3. The van der Waals surface area contributed by atoms with E-state index in [1.807, 2.05) is 17.4 Å². The van der Waals surface area contributed by atoms with Gasteiger partial charge < -0.3 is 4.90 Å². The summed E-state index contributed by atoms with van der Waals surface area (Å²) in [4.78, 5) is 22.5. The maximum atomic E-state index is 13.9. The predicted molar refractivity (Wildman–Crippen MR) is 137 cm³/mol. The monoisotopic (exact) mass is 506 g/mol. The molecule has 1 amide bonds. The molecule has 0 saturated carbocycles. The van der Waals surface area contributed by atoms with Gasteiger partial charge in [-0.15, -0.1) is 0 Å². The summed E-state index contributed by atoms with van der Waals surface area (Å²) in [6.45, 7) is 5.28. The summed E-state index contributed by atoms with van der Waals surface area (Å²) in [6, 6.07) is 11.8. The summed E-state index contributed by atoms with van der Waals surface area (Å²) in [6.07, 6.45) is 3.82. The number of imidazole rings is 1. The van der Waals surface area contributed by atoms with Gasteiger partial charge >= 0.3 is 6.18 Å². The second-order valence-electron chi connectivity index (χ2n) is 8.23. The quantitative estimate of drug-likeness (QED) is 0.160. The number of halogens is 4. The lowest BCUT2D eigenvalue weighted by Gasteiger charge is -2.21. The highest BCUT2D eigenvalue weighted by Gasteiger charge is 2.36. The third-order valence-corrected chi connectivity index (χ3v) is 5.86. The molecule has 0 spiro atoms. The molecule has 4 aromatic rings. The summed E-state index contributed by atoms with van der Waals surface area (Å²) >= 11 is 0. The lowest BCUT2D eigenvalue weighted by atomic mass is 9.98. The highest BCUT2D eigenvalue weighted by Crippen LogP contribution is 2.36. The van der Waals surface area contributed by atoms with Crippen molar-refractivity contribution in [3.05, 3.63) is 108 Å². The van der Waals surface area contributed by atoms with Gasteiger partial charge in [0.05, 0.1) is 23.0 Å². The Morgan fingerprint density at radius 2 is 1.86 bits per heavy atom. The van der Waals surface area contributed by atoms with Gasteiger partial charge in [-0.1, -0.05) is 12.1 Å². The number of pyridine rings is 1. The average Bonchev–Trinajstić information content (AvgIpc) is 3.32. The number of nitrogens with zero attached hydrogens (tertiary/aromatic N) is 4. The normalized spacial score (nSPS) is 12.3. The first kappa shape index (κ1) is 25.6. The van der Waals surface area contributed by atoms with E-state index in [2.05, 4.69) is 16.7 Å². The number of aliphatic imine (C=N–C) groups is 1. The molecule has 2 aromatic carbocycles. The van der Waals surface area contributed by atoms with Crippen molar-refractivity contribution < 1.29 is 22.4 Å². The Kier molecular flexibility index (Phi) is 7.06. The number of anilines is 1. The molecular weight excluding hydrogens is 484 g/mol. The average molecular weight is 507 g/mol. The van der Waals surface area contributed by atoms with Crippen molar-refractivity contribution in [2.75, 3.05) is 11.9 Å². The summed E-state index contributed by atoms with van der Waals surface area (Å²) in [5.41, 5.74) is 1.80. The molecule has 0 saturated heterocycles. The van der Waals surface area contributed by atoms with Crippen molar-refractivity contribution in [1.82, 2.24) is 9.38 Å². The first-order chi connectivity index (χ1) is 17.6.